The van der Waals surface area contributed by atoms with Crippen molar-refractivity contribution in [3.05, 3.63) is 102 Å². The highest BCUT2D eigenvalue weighted by Crippen LogP contribution is 2.10. The molecule has 0 aliphatic carbocycles. The highest BCUT2D eigenvalue weighted by atomic mass is 16.4. The molecule has 0 saturated carbocycles. The number of nitrogens with one attached hydrogen (secondary N) is 1. The molecule has 0 fully saturated rings. The number of phenolic OH excluding ortho intramolecular Hbond substituents is 1. The van der Waals surface area contributed by atoms with Crippen molar-refractivity contribution in [2.24, 2.45) is 5.73 Å². The number of aromatic hydroxyl groups is 1. The highest BCUT2D eigenvalue weighted by molar-refractivity contribution is 5.85. The van der Waals surface area contributed by atoms with Crippen molar-refractivity contribution in [3.63, 3.8) is 0 Å². The largest absolute Gasteiger partial charge is 0.508 e. The van der Waals surface area contributed by atoms with Crippen molar-refractivity contribution >= 4 is 11.9 Å². The standard InChI is InChI=1S/C17H17NO4.C8H11N/c19-14-8-6-13(7-9-14)11-16(20)18-15(17(21)22)10-12-4-2-1-3-5-12;9-7-6-8-4-2-1-3-5-8/h1-9,15,19H,10-11H2,(H,18,20)(H,21,22);1-5H,6-7,9H2. The molecule has 0 bridgehead atoms. The lowest BCUT2D eigenvalue weighted by molar-refractivity contribution is -0.141. The molecule has 1 amide bonds. The summed E-state index contributed by atoms with van der Waals surface area (Å²) < 4.78 is 0. The lowest BCUT2D eigenvalue weighted by Gasteiger charge is -2.14. The van der Waals surface area contributed by atoms with Gasteiger partial charge in [0.25, 0.3) is 0 Å². The third kappa shape index (κ3) is 9.14. The minimum atomic E-state index is -1.07. The molecular formula is C25H28N2O4. The van der Waals surface area contributed by atoms with Gasteiger partial charge in [0.2, 0.25) is 5.91 Å². The molecule has 162 valence electrons. The van der Waals surface area contributed by atoms with Crippen LogP contribution < -0.4 is 11.1 Å². The predicted molar refractivity (Wildman–Crippen MR) is 121 cm³/mol. The SMILES string of the molecule is NCCc1ccccc1.O=C(Cc1ccc(O)cc1)NC(Cc1ccccc1)C(=O)O. The predicted octanol–water partition coefficient (Wildman–Crippen LogP) is 2.93. The van der Waals surface area contributed by atoms with Crippen molar-refractivity contribution in [1.82, 2.24) is 5.32 Å². The molecule has 0 aliphatic heterocycles. The van der Waals surface area contributed by atoms with Crippen LogP contribution >= 0.6 is 0 Å². The van der Waals surface area contributed by atoms with Crippen LogP contribution in [0, 0.1) is 0 Å². The molecular weight excluding hydrogens is 392 g/mol. The Kier molecular flexibility index (Phi) is 9.78. The maximum Gasteiger partial charge on any atom is 0.326 e. The fourth-order valence-corrected chi connectivity index (χ4v) is 2.91. The summed E-state index contributed by atoms with van der Waals surface area (Å²) in [5.74, 6) is -1.31. The van der Waals surface area contributed by atoms with E-state index in [9.17, 15) is 19.8 Å². The van der Waals surface area contributed by atoms with E-state index >= 15 is 0 Å². The van der Waals surface area contributed by atoms with E-state index in [2.05, 4.69) is 17.4 Å². The highest BCUT2D eigenvalue weighted by Gasteiger charge is 2.20. The third-order valence-electron chi connectivity index (χ3n) is 4.49. The number of phenols is 1. The first-order chi connectivity index (χ1) is 15.0. The van der Waals surface area contributed by atoms with E-state index in [0.717, 1.165) is 18.5 Å². The van der Waals surface area contributed by atoms with Crippen LogP contribution in [0.2, 0.25) is 0 Å². The molecule has 3 rings (SSSR count). The number of carboxylic acid groups (broad SMARTS) is 1. The van der Waals surface area contributed by atoms with Crippen molar-refractivity contribution in [2.45, 2.75) is 25.3 Å². The first kappa shape index (κ1) is 23.6. The molecule has 0 spiro atoms. The van der Waals surface area contributed by atoms with E-state index in [0.29, 0.717) is 5.56 Å². The van der Waals surface area contributed by atoms with Gasteiger partial charge in [0.05, 0.1) is 6.42 Å². The van der Waals surface area contributed by atoms with Gasteiger partial charge in [-0.15, -0.1) is 0 Å². The third-order valence-corrected chi connectivity index (χ3v) is 4.49. The molecule has 31 heavy (non-hydrogen) atoms. The maximum atomic E-state index is 12.0. The Morgan fingerprint density at radius 2 is 1.35 bits per heavy atom. The molecule has 6 nitrogen and oxygen atoms in total. The maximum absolute atomic E-state index is 12.0. The van der Waals surface area contributed by atoms with E-state index in [1.54, 1.807) is 12.1 Å². The number of benzene rings is 3. The number of amides is 1. The van der Waals surface area contributed by atoms with Crippen molar-refractivity contribution in [3.8, 4) is 5.75 Å². The number of carbonyl (C=O) groups excluding carboxylic acids is 1. The second-order valence-corrected chi connectivity index (χ2v) is 7.02. The van der Waals surface area contributed by atoms with Crippen molar-refractivity contribution in [2.75, 3.05) is 6.54 Å². The van der Waals surface area contributed by atoms with Gasteiger partial charge in [-0.25, -0.2) is 4.79 Å². The summed E-state index contributed by atoms with van der Waals surface area (Å²) in [6, 6.07) is 24.7. The summed E-state index contributed by atoms with van der Waals surface area (Å²) in [7, 11) is 0. The van der Waals surface area contributed by atoms with E-state index in [1.165, 1.54) is 17.7 Å². The minimum Gasteiger partial charge on any atom is -0.508 e. The van der Waals surface area contributed by atoms with Gasteiger partial charge < -0.3 is 21.3 Å². The van der Waals surface area contributed by atoms with Crippen LogP contribution in [-0.2, 0) is 28.9 Å². The quantitative estimate of drug-likeness (QED) is 0.448. The smallest absolute Gasteiger partial charge is 0.326 e. The number of hydrogen-bond donors (Lipinski definition) is 4. The average Bonchev–Trinajstić information content (AvgIpc) is 2.77. The van der Waals surface area contributed by atoms with Crippen LogP contribution in [0.15, 0.2) is 84.9 Å². The minimum absolute atomic E-state index is 0.0683. The van der Waals surface area contributed by atoms with Crippen LogP contribution in [0.5, 0.6) is 5.75 Å². The lowest BCUT2D eigenvalue weighted by Crippen LogP contribution is -2.43. The van der Waals surface area contributed by atoms with Crippen LogP contribution in [0.4, 0.5) is 0 Å². The molecule has 0 radical (unpaired) electrons. The number of carboxylic acids is 1. The second kappa shape index (κ2) is 12.8. The Morgan fingerprint density at radius 3 is 1.87 bits per heavy atom. The Morgan fingerprint density at radius 1 is 0.806 bits per heavy atom. The number of aliphatic carboxylic acids is 1. The molecule has 0 heterocycles. The molecule has 3 aromatic rings. The summed E-state index contributed by atoms with van der Waals surface area (Å²) in [4.78, 5) is 23.3. The molecule has 1 unspecified atom stereocenters. The van der Waals surface area contributed by atoms with Crippen molar-refractivity contribution < 1.29 is 19.8 Å². The molecule has 0 aliphatic rings. The Labute approximate surface area is 182 Å². The van der Waals surface area contributed by atoms with Gasteiger partial charge in [-0.05, 0) is 41.8 Å². The van der Waals surface area contributed by atoms with Gasteiger partial charge in [-0.3, -0.25) is 4.79 Å². The molecule has 1 atom stereocenters. The normalized spacial score (nSPS) is 11.0. The first-order valence-corrected chi connectivity index (χ1v) is 10.1. The van der Waals surface area contributed by atoms with Gasteiger partial charge in [0.1, 0.15) is 11.8 Å². The van der Waals surface area contributed by atoms with Crippen LogP contribution in [0.1, 0.15) is 16.7 Å². The van der Waals surface area contributed by atoms with E-state index in [4.69, 9.17) is 5.73 Å². The van der Waals surface area contributed by atoms with Crippen LogP contribution in [0.25, 0.3) is 0 Å². The number of hydrogen-bond acceptors (Lipinski definition) is 4. The lowest BCUT2D eigenvalue weighted by atomic mass is 10.1. The zero-order chi connectivity index (χ0) is 22.5. The molecule has 0 saturated heterocycles. The van der Waals surface area contributed by atoms with E-state index in [-0.39, 0.29) is 24.5 Å². The average molecular weight is 421 g/mol. The summed E-state index contributed by atoms with van der Waals surface area (Å²) in [6.45, 7) is 0.740. The summed E-state index contributed by atoms with van der Waals surface area (Å²) in [5.41, 5.74) is 8.23. The van der Waals surface area contributed by atoms with Gasteiger partial charge in [0, 0.05) is 6.42 Å². The summed E-state index contributed by atoms with van der Waals surface area (Å²) in [6.07, 6.45) is 1.29. The summed E-state index contributed by atoms with van der Waals surface area (Å²) >= 11 is 0. The fourth-order valence-electron chi connectivity index (χ4n) is 2.91. The fraction of sp³-hybridized carbons (Fsp3) is 0.200. The van der Waals surface area contributed by atoms with Crippen LogP contribution in [0.3, 0.4) is 0 Å². The zero-order valence-corrected chi connectivity index (χ0v) is 17.3. The van der Waals surface area contributed by atoms with Gasteiger partial charge in [-0.2, -0.15) is 0 Å². The van der Waals surface area contributed by atoms with Crippen LogP contribution in [-0.4, -0.2) is 34.7 Å². The van der Waals surface area contributed by atoms with Crippen molar-refractivity contribution in [1.29, 1.82) is 0 Å². The Balaban J connectivity index is 0.000000316. The topological polar surface area (TPSA) is 113 Å². The Hall–Kier alpha value is -3.64. The second-order valence-electron chi connectivity index (χ2n) is 7.02. The number of rotatable bonds is 8. The first-order valence-electron chi connectivity index (χ1n) is 10.1. The molecule has 3 aromatic carbocycles. The molecule has 6 heteroatoms. The van der Waals surface area contributed by atoms with Gasteiger partial charge in [0.15, 0.2) is 0 Å². The van der Waals surface area contributed by atoms with E-state index < -0.39 is 12.0 Å². The Bertz CT molecular complexity index is 929. The van der Waals surface area contributed by atoms with Gasteiger partial charge >= 0.3 is 5.97 Å². The van der Waals surface area contributed by atoms with Gasteiger partial charge in [-0.1, -0.05) is 72.8 Å². The molecule has 5 N–H and O–H groups in total. The molecule has 0 aromatic heterocycles. The van der Waals surface area contributed by atoms with E-state index in [1.807, 2.05) is 48.5 Å². The summed E-state index contributed by atoms with van der Waals surface area (Å²) in [5, 5.41) is 21.0. The monoisotopic (exact) mass is 420 g/mol. The number of nitrogens with two attached hydrogens (primary N) is 1. The zero-order valence-electron chi connectivity index (χ0n) is 17.3. The number of carbonyl (C=O) groups is 2.